The van der Waals surface area contributed by atoms with Gasteiger partial charge in [0.1, 0.15) is 5.60 Å². The van der Waals surface area contributed by atoms with E-state index < -0.39 is 17.2 Å². The molecule has 0 radical (unpaired) electrons. The van der Waals surface area contributed by atoms with E-state index in [4.69, 9.17) is 10.5 Å². The summed E-state index contributed by atoms with van der Waals surface area (Å²) >= 11 is 0. The van der Waals surface area contributed by atoms with Crippen molar-refractivity contribution in [2.75, 3.05) is 5.73 Å². The summed E-state index contributed by atoms with van der Waals surface area (Å²) in [6.07, 6.45) is 0.669. The van der Waals surface area contributed by atoms with Crippen LogP contribution in [-0.2, 0) is 0 Å². The third-order valence-electron chi connectivity index (χ3n) is 2.31. The molecule has 0 aliphatic heterocycles. The maximum Gasteiger partial charge on any atom is 0.202 e. The highest BCUT2D eigenvalue weighted by atomic mass is 19.2. The highest BCUT2D eigenvalue weighted by Crippen LogP contribution is 2.31. The normalized spacial score (nSPS) is 11.5. The molecule has 15 heavy (non-hydrogen) atoms. The van der Waals surface area contributed by atoms with Crippen LogP contribution in [0.5, 0.6) is 5.75 Å². The van der Waals surface area contributed by atoms with Crippen molar-refractivity contribution in [3.8, 4) is 5.75 Å². The van der Waals surface area contributed by atoms with Crippen LogP contribution in [-0.4, -0.2) is 5.60 Å². The van der Waals surface area contributed by atoms with Crippen LogP contribution < -0.4 is 10.5 Å². The summed E-state index contributed by atoms with van der Waals surface area (Å²) in [5.41, 5.74) is 5.06. The smallest absolute Gasteiger partial charge is 0.202 e. The van der Waals surface area contributed by atoms with E-state index in [0.717, 1.165) is 6.07 Å². The summed E-state index contributed by atoms with van der Waals surface area (Å²) in [5, 5.41) is 0. The lowest BCUT2D eigenvalue weighted by Gasteiger charge is -2.25. The van der Waals surface area contributed by atoms with E-state index >= 15 is 0 Å². The molecule has 84 valence electrons. The lowest BCUT2D eigenvalue weighted by Crippen LogP contribution is -2.28. The molecule has 0 spiro atoms. The van der Waals surface area contributed by atoms with Gasteiger partial charge in [0.2, 0.25) is 5.82 Å². The van der Waals surface area contributed by atoms with Gasteiger partial charge in [-0.1, -0.05) is 6.92 Å². The summed E-state index contributed by atoms with van der Waals surface area (Å²) in [6.45, 7) is 5.47. The van der Waals surface area contributed by atoms with E-state index in [1.54, 1.807) is 13.8 Å². The third kappa shape index (κ3) is 2.58. The molecule has 0 fully saturated rings. The molecule has 1 aromatic carbocycles. The molecule has 0 saturated carbocycles. The second kappa shape index (κ2) is 4.04. The SMILES string of the molecule is CCC(C)(C)Oc1c(N)ccc(F)c1F. The van der Waals surface area contributed by atoms with Gasteiger partial charge < -0.3 is 10.5 Å². The molecular weight excluding hydrogens is 200 g/mol. The fourth-order valence-corrected chi connectivity index (χ4v) is 0.999. The summed E-state index contributed by atoms with van der Waals surface area (Å²) < 4.78 is 31.6. The fraction of sp³-hybridized carbons (Fsp3) is 0.455. The molecule has 0 unspecified atom stereocenters. The summed E-state index contributed by atoms with van der Waals surface area (Å²) in [6, 6.07) is 2.27. The Kier molecular flexibility index (Phi) is 3.17. The number of benzene rings is 1. The number of nitrogen functional groups attached to an aromatic ring is 1. The summed E-state index contributed by atoms with van der Waals surface area (Å²) in [4.78, 5) is 0. The number of rotatable bonds is 3. The molecule has 0 aliphatic rings. The van der Waals surface area contributed by atoms with Crippen LogP contribution in [0.1, 0.15) is 27.2 Å². The molecule has 0 amide bonds. The Labute approximate surface area is 88.0 Å². The van der Waals surface area contributed by atoms with Crippen LogP contribution in [0.2, 0.25) is 0 Å². The van der Waals surface area contributed by atoms with Crippen molar-refractivity contribution in [3.63, 3.8) is 0 Å². The van der Waals surface area contributed by atoms with E-state index in [1.165, 1.54) is 6.07 Å². The zero-order chi connectivity index (χ0) is 11.6. The predicted octanol–water partition coefficient (Wildman–Crippen LogP) is 3.11. The minimum Gasteiger partial charge on any atom is -0.483 e. The van der Waals surface area contributed by atoms with E-state index in [-0.39, 0.29) is 11.4 Å². The van der Waals surface area contributed by atoms with Crippen LogP contribution in [0.3, 0.4) is 0 Å². The Balaban J connectivity index is 3.09. The van der Waals surface area contributed by atoms with Gasteiger partial charge in [0.05, 0.1) is 5.69 Å². The van der Waals surface area contributed by atoms with Gasteiger partial charge >= 0.3 is 0 Å². The zero-order valence-corrected chi connectivity index (χ0v) is 9.10. The van der Waals surface area contributed by atoms with Crippen molar-refractivity contribution in [2.45, 2.75) is 32.8 Å². The minimum atomic E-state index is -1.03. The first-order chi connectivity index (χ1) is 6.87. The average molecular weight is 215 g/mol. The van der Waals surface area contributed by atoms with Gasteiger partial charge in [-0.25, -0.2) is 4.39 Å². The quantitative estimate of drug-likeness (QED) is 0.786. The predicted molar refractivity (Wildman–Crippen MR) is 55.8 cm³/mol. The van der Waals surface area contributed by atoms with Crippen molar-refractivity contribution < 1.29 is 13.5 Å². The second-order valence-corrected chi connectivity index (χ2v) is 4.00. The van der Waals surface area contributed by atoms with Crippen LogP contribution in [0.15, 0.2) is 12.1 Å². The standard InChI is InChI=1S/C11H15F2NO/c1-4-11(2,3)15-10-8(14)6-5-7(12)9(10)13/h5-6H,4,14H2,1-3H3. The second-order valence-electron chi connectivity index (χ2n) is 4.00. The average Bonchev–Trinajstić information content (AvgIpc) is 2.19. The zero-order valence-electron chi connectivity index (χ0n) is 9.10. The molecule has 0 aromatic heterocycles. The van der Waals surface area contributed by atoms with Gasteiger partial charge in [0.25, 0.3) is 0 Å². The Hall–Kier alpha value is -1.32. The largest absolute Gasteiger partial charge is 0.483 e. The van der Waals surface area contributed by atoms with Crippen LogP contribution in [0, 0.1) is 11.6 Å². The maximum atomic E-state index is 13.3. The minimum absolute atomic E-state index is 0.107. The highest BCUT2D eigenvalue weighted by molar-refractivity contribution is 5.53. The lowest BCUT2D eigenvalue weighted by molar-refractivity contribution is 0.0994. The highest BCUT2D eigenvalue weighted by Gasteiger charge is 2.22. The topological polar surface area (TPSA) is 35.2 Å². The molecule has 4 heteroatoms. The number of nitrogens with two attached hydrogens (primary N) is 1. The molecule has 0 aliphatic carbocycles. The van der Waals surface area contributed by atoms with Gasteiger partial charge in [-0.05, 0) is 32.4 Å². The maximum absolute atomic E-state index is 13.3. The van der Waals surface area contributed by atoms with Gasteiger partial charge in [0, 0.05) is 0 Å². The molecule has 0 heterocycles. The Morgan fingerprint density at radius 3 is 2.47 bits per heavy atom. The van der Waals surface area contributed by atoms with Crippen LogP contribution in [0.25, 0.3) is 0 Å². The number of anilines is 1. The number of hydrogen-bond donors (Lipinski definition) is 1. The Morgan fingerprint density at radius 2 is 1.93 bits per heavy atom. The van der Waals surface area contributed by atoms with E-state index in [0.29, 0.717) is 6.42 Å². The third-order valence-corrected chi connectivity index (χ3v) is 2.31. The molecule has 2 N–H and O–H groups in total. The molecule has 0 bridgehead atoms. The fourth-order valence-electron chi connectivity index (χ4n) is 0.999. The Bertz CT molecular complexity index is 364. The van der Waals surface area contributed by atoms with E-state index in [1.807, 2.05) is 6.92 Å². The van der Waals surface area contributed by atoms with Crippen molar-refractivity contribution >= 4 is 5.69 Å². The molecule has 0 saturated heterocycles. The van der Waals surface area contributed by atoms with Crippen molar-refractivity contribution in [3.05, 3.63) is 23.8 Å². The molecule has 1 rings (SSSR count). The molecule has 2 nitrogen and oxygen atoms in total. The number of hydrogen-bond acceptors (Lipinski definition) is 2. The van der Waals surface area contributed by atoms with Gasteiger partial charge in [-0.15, -0.1) is 0 Å². The first kappa shape index (κ1) is 11.8. The van der Waals surface area contributed by atoms with Gasteiger partial charge in [-0.2, -0.15) is 4.39 Å². The number of ether oxygens (including phenoxy) is 1. The number of halogens is 2. The first-order valence-corrected chi connectivity index (χ1v) is 4.80. The van der Waals surface area contributed by atoms with Crippen molar-refractivity contribution in [2.24, 2.45) is 0 Å². The van der Waals surface area contributed by atoms with E-state index in [2.05, 4.69) is 0 Å². The van der Waals surface area contributed by atoms with Crippen LogP contribution >= 0.6 is 0 Å². The lowest BCUT2D eigenvalue weighted by atomic mass is 10.1. The Morgan fingerprint density at radius 1 is 1.33 bits per heavy atom. The van der Waals surface area contributed by atoms with Crippen LogP contribution in [0.4, 0.5) is 14.5 Å². The van der Waals surface area contributed by atoms with Crippen molar-refractivity contribution in [1.82, 2.24) is 0 Å². The summed E-state index contributed by atoms with van der Waals surface area (Å²) in [7, 11) is 0. The van der Waals surface area contributed by atoms with E-state index in [9.17, 15) is 8.78 Å². The van der Waals surface area contributed by atoms with Gasteiger partial charge in [0.15, 0.2) is 11.6 Å². The molecule has 1 aromatic rings. The molecule has 0 atom stereocenters. The molecular formula is C11H15F2NO. The van der Waals surface area contributed by atoms with Gasteiger partial charge in [-0.3, -0.25) is 0 Å². The van der Waals surface area contributed by atoms with Crippen molar-refractivity contribution in [1.29, 1.82) is 0 Å². The summed E-state index contributed by atoms with van der Waals surface area (Å²) in [5.74, 6) is -2.19. The first-order valence-electron chi connectivity index (χ1n) is 4.80. The monoisotopic (exact) mass is 215 g/mol.